The number of hydrogen-bond acceptors (Lipinski definition) is 0. The van der Waals surface area contributed by atoms with E-state index >= 15 is 0 Å². The predicted octanol–water partition coefficient (Wildman–Crippen LogP) is 17.0. The molecule has 0 N–H and O–H groups in total. The molecule has 0 heterocycles. The van der Waals surface area contributed by atoms with Crippen molar-refractivity contribution in [3.63, 3.8) is 0 Å². The van der Waals surface area contributed by atoms with Gasteiger partial charge < -0.3 is 0 Å². The van der Waals surface area contributed by atoms with Gasteiger partial charge in [-0.05, 0) is 159 Å². The summed E-state index contributed by atoms with van der Waals surface area (Å²) in [6.45, 7) is 16.5. The minimum absolute atomic E-state index is 0. The molecule has 0 nitrogen and oxygen atoms in total. The SMILES string of the molecule is C.CC.CCCCCC1CCC2C(C1)C(CCC(CCC)C1CCCC1CCCCC)C1CCC(C(C)CC)CC1C2C1CCC2CCCC2C1. The molecule has 6 fully saturated rings. The summed E-state index contributed by atoms with van der Waals surface area (Å²) in [5, 5.41) is 0. The zero-order valence-electron chi connectivity index (χ0n) is 35.5. The van der Waals surface area contributed by atoms with E-state index < -0.39 is 0 Å². The van der Waals surface area contributed by atoms with Gasteiger partial charge in [-0.3, -0.25) is 0 Å². The second-order valence-electron chi connectivity index (χ2n) is 20.0. The van der Waals surface area contributed by atoms with E-state index in [0.29, 0.717) is 0 Å². The zero-order valence-corrected chi connectivity index (χ0v) is 35.5. The molecule has 0 aromatic heterocycles. The predicted molar refractivity (Wildman–Crippen MR) is 228 cm³/mol. The molecule has 0 heteroatoms. The Balaban J connectivity index is 0.00000191. The van der Waals surface area contributed by atoms with Crippen molar-refractivity contribution in [3.05, 3.63) is 0 Å². The van der Waals surface area contributed by atoms with Crippen molar-refractivity contribution in [3.8, 4) is 0 Å². The Morgan fingerprint density at radius 3 is 1.98 bits per heavy atom. The fourth-order valence-electron chi connectivity index (χ4n) is 15.2. The summed E-state index contributed by atoms with van der Waals surface area (Å²) in [5.41, 5.74) is 0. The van der Waals surface area contributed by atoms with Gasteiger partial charge in [0.1, 0.15) is 0 Å². The van der Waals surface area contributed by atoms with Crippen LogP contribution in [0.25, 0.3) is 0 Å². The van der Waals surface area contributed by atoms with Gasteiger partial charge in [-0.25, -0.2) is 0 Å². The molecule has 0 radical (unpaired) electrons. The highest BCUT2D eigenvalue weighted by atomic mass is 14.6. The molecule has 0 aromatic rings. The smallest absolute Gasteiger partial charge is 0.0323 e. The maximum Gasteiger partial charge on any atom is -0.0323 e. The van der Waals surface area contributed by atoms with Crippen LogP contribution in [-0.4, -0.2) is 0 Å². The first-order chi connectivity index (χ1) is 24.6. The lowest BCUT2D eigenvalue weighted by Crippen LogP contribution is -2.53. The number of unbranched alkanes of at least 4 members (excludes halogenated alkanes) is 4. The highest BCUT2D eigenvalue weighted by molar-refractivity contribution is 5.05. The van der Waals surface area contributed by atoms with Crippen molar-refractivity contribution in [2.45, 2.75) is 236 Å². The van der Waals surface area contributed by atoms with Gasteiger partial charge in [0.15, 0.2) is 0 Å². The molecule has 0 saturated heterocycles. The van der Waals surface area contributed by atoms with Crippen LogP contribution < -0.4 is 0 Å². The van der Waals surface area contributed by atoms with Gasteiger partial charge in [-0.1, -0.05) is 165 Å². The van der Waals surface area contributed by atoms with Crippen LogP contribution >= 0.6 is 0 Å². The highest BCUT2D eigenvalue weighted by Gasteiger charge is 2.56. The zero-order chi connectivity index (χ0) is 35.5. The summed E-state index contributed by atoms with van der Waals surface area (Å²) in [5.74, 6) is 16.1. The first kappa shape index (κ1) is 43.7. The molecule has 15 unspecified atom stereocenters. The Hall–Kier alpha value is 0. The topological polar surface area (TPSA) is 0 Å². The third-order valence-electron chi connectivity index (χ3n) is 17.7. The molecule has 6 aliphatic carbocycles. The van der Waals surface area contributed by atoms with Gasteiger partial charge in [-0.2, -0.15) is 0 Å². The van der Waals surface area contributed by atoms with Crippen molar-refractivity contribution in [2.75, 3.05) is 0 Å². The maximum absolute atomic E-state index is 2.64. The molecule has 0 aromatic carbocycles. The normalized spacial score (nSPS) is 40.2. The van der Waals surface area contributed by atoms with Crippen molar-refractivity contribution in [1.29, 1.82) is 0 Å². The molecule has 0 aliphatic heterocycles. The average Bonchev–Trinajstić information content (AvgIpc) is 3.83. The van der Waals surface area contributed by atoms with Crippen LogP contribution in [0.3, 0.4) is 0 Å². The van der Waals surface area contributed by atoms with Gasteiger partial charge in [0.25, 0.3) is 0 Å². The maximum atomic E-state index is 2.64. The molecule has 6 saturated carbocycles. The summed E-state index contributed by atoms with van der Waals surface area (Å²) >= 11 is 0. The van der Waals surface area contributed by atoms with E-state index in [9.17, 15) is 0 Å². The minimum Gasteiger partial charge on any atom is -0.0776 e. The fourth-order valence-corrected chi connectivity index (χ4v) is 15.2. The molecular weight excluding hydrogens is 613 g/mol. The van der Waals surface area contributed by atoms with E-state index in [0.717, 1.165) is 88.8 Å². The summed E-state index contributed by atoms with van der Waals surface area (Å²) in [6, 6.07) is 0. The highest BCUT2D eigenvalue weighted by Crippen LogP contribution is 2.63. The number of rotatable bonds is 17. The van der Waals surface area contributed by atoms with Crippen LogP contribution in [0.5, 0.6) is 0 Å². The Labute approximate surface area is 323 Å². The van der Waals surface area contributed by atoms with Crippen LogP contribution in [0.15, 0.2) is 0 Å². The molecule has 15 atom stereocenters. The molecule has 0 bridgehead atoms. The molecule has 0 spiro atoms. The minimum atomic E-state index is 0. The Morgan fingerprint density at radius 2 is 1.24 bits per heavy atom. The second-order valence-corrected chi connectivity index (χ2v) is 20.0. The molecule has 0 amide bonds. The van der Waals surface area contributed by atoms with Crippen LogP contribution in [0.4, 0.5) is 0 Å². The van der Waals surface area contributed by atoms with Crippen LogP contribution in [0.2, 0.25) is 0 Å². The van der Waals surface area contributed by atoms with Gasteiger partial charge in [0, 0.05) is 0 Å². The van der Waals surface area contributed by atoms with Crippen LogP contribution in [0, 0.1) is 88.8 Å². The third kappa shape index (κ3) is 10.9. The third-order valence-corrected chi connectivity index (χ3v) is 17.7. The van der Waals surface area contributed by atoms with Crippen LogP contribution in [0.1, 0.15) is 236 Å². The van der Waals surface area contributed by atoms with E-state index in [-0.39, 0.29) is 7.43 Å². The fraction of sp³-hybridized carbons (Fsp3) is 1.00. The summed E-state index contributed by atoms with van der Waals surface area (Å²) in [4.78, 5) is 0. The van der Waals surface area contributed by atoms with Gasteiger partial charge in [0.05, 0.1) is 0 Å². The Kier molecular flexibility index (Phi) is 19.3. The summed E-state index contributed by atoms with van der Waals surface area (Å²) < 4.78 is 0. The lowest BCUT2D eigenvalue weighted by molar-refractivity contribution is -0.117. The van der Waals surface area contributed by atoms with Gasteiger partial charge in [0.2, 0.25) is 0 Å². The van der Waals surface area contributed by atoms with E-state index in [1.165, 1.54) is 57.8 Å². The molecule has 6 aliphatic rings. The van der Waals surface area contributed by atoms with Gasteiger partial charge >= 0.3 is 0 Å². The van der Waals surface area contributed by atoms with E-state index in [4.69, 9.17) is 0 Å². The monoisotopic (exact) mass is 709 g/mol. The van der Waals surface area contributed by atoms with Crippen molar-refractivity contribution < 1.29 is 0 Å². The second kappa shape index (κ2) is 22.5. The first-order valence-corrected chi connectivity index (χ1v) is 24.6. The quantitative estimate of drug-likeness (QED) is 0.132. The first-order valence-electron chi connectivity index (χ1n) is 24.6. The van der Waals surface area contributed by atoms with Crippen molar-refractivity contribution >= 4 is 0 Å². The molecular formula is C51H96. The Morgan fingerprint density at radius 1 is 0.529 bits per heavy atom. The lowest BCUT2D eigenvalue weighted by Gasteiger charge is -2.61. The average molecular weight is 709 g/mol. The number of fused-ring (bicyclic) bond motifs is 3. The Bertz CT molecular complexity index is 904. The number of hydrogen-bond donors (Lipinski definition) is 0. The van der Waals surface area contributed by atoms with E-state index in [1.807, 2.05) is 13.8 Å². The van der Waals surface area contributed by atoms with Gasteiger partial charge in [-0.15, -0.1) is 0 Å². The molecule has 51 heavy (non-hydrogen) atoms. The van der Waals surface area contributed by atoms with Crippen molar-refractivity contribution in [1.82, 2.24) is 0 Å². The summed E-state index contributed by atoms with van der Waals surface area (Å²) in [6.07, 6.45) is 43.5. The lowest BCUT2D eigenvalue weighted by atomic mass is 9.44. The van der Waals surface area contributed by atoms with Crippen molar-refractivity contribution in [2.24, 2.45) is 88.8 Å². The van der Waals surface area contributed by atoms with E-state index in [2.05, 4.69) is 34.6 Å². The molecule has 300 valence electrons. The largest absolute Gasteiger partial charge is 0.0776 e. The van der Waals surface area contributed by atoms with E-state index in [1.54, 1.807) is 122 Å². The van der Waals surface area contributed by atoms with Crippen LogP contribution in [-0.2, 0) is 0 Å². The standard InChI is InChI=1S/C48H86.C2H6.CH4/c1-6-10-12-17-35-23-28-45-46(31-35)43(29-26-37(16-8-3)42-22-15-20-38(42)18-13-11-7-2)44-30-27-39(34(5)9-4)33-47(44)48(45)41-25-24-36-19-14-21-40(36)32-41;1-2;/h34-48H,6-33H2,1-5H3;1-2H3;1H4. The molecule has 6 rings (SSSR count). The summed E-state index contributed by atoms with van der Waals surface area (Å²) in [7, 11) is 0.